The lowest BCUT2D eigenvalue weighted by molar-refractivity contribution is 0.184. The normalized spacial score (nSPS) is 17.7. The number of urea groups is 1. The van der Waals surface area contributed by atoms with Gasteiger partial charge in [-0.15, -0.1) is 0 Å². The number of aliphatic hydroxyl groups excluding tert-OH is 1. The van der Waals surface area contributed by atoms with E-state index in [1.807, 2.05) is 13.0 Å². The SMILES string of the molecule is CCC(CCO)NC(=O)NC1CCN(Cc2ccccc2)CC1. The highest BCUT2D eigenvalue weighted by atomic mass is 16.3. The number of rotatable bonds is 7. The molecule has 0 aliphatic carbocycles. The second-order valence-electron chi connectivity index (χ2n) is 6.27. The maximum atomic E-state index is 12.0. The molecule has 0 saturated carbocycles. The zero-order valence-electron chi connectivity index (χ0n) is 14.0. The van der Waals surface area contributed by atoms with Crippen molar-refractivity contribution in [3.8, 4) is 0 Å². The standard InChI is InChI=1S/C18H29N3O2/c1-2-16(10-13-22)19-18(23)20-17-8-11-21(12-9-17)14-15-6-4-3-5-7-15/h3-7,16-17,22H,2,8-14H2,1H3,(H2,19,20,23). The fourth-order valence-electron chi connectivity index (χ4n) is 3.02. The van der Waals surface area contributed by atoms with Crippen molar-refractivity contribution in [1.82, 2.24) is 15.5 Å². The molecule has 1 aliphatic rings. The first-order chi connectivity index (χ1) is 11.2. The number of hydrogen-bond donors (Lipinski definition) is 3. The smallest absolute Gasteiger partial charge is 0.315 e. The van der Waals surface area contributed by atoms with Crippen LogP contribution in [0.25, 0.3) is 0 Å². The van der Waals surface area contributed by atoms with Gasteiger partial charge in [0.1, 0.15) is 0 Å². The van der Waals surface area contributed by atoms with Crippen LogP contribution in [0.15, 0.2) is 30.3 Å². The van der Waals surface area contributed by atoms with Crippen LogP contribution in [-0.2, 0) is 6.54 Å². The molecule has 0 radical (unpaired) electrons. The van der Waals surface area contributed by atoms with E-state index in [9.17, 15) is 4.79 Å². The minimum Gasteiger partial charge on any atom is -0.396 e. The molecule has 1 atom stereocenters. The third-order valence-corrected chi connectivity index (χ3v) is 4.48. The van der Waals surface area contributed by atoms with Crippen molar-refractivity contribution in [1.29, 1.82) is 0 Å². The van der Waals surface area contributed by atoms with E-state index in [4.69, 9.17) is 5.11 Å². The third kappa shape index (κ3) is 6.20. The Morgan fingerprint density at radius 3 is 2.61 bits per heavy atom. The Kier molecular flexibility index (Phi) is 7.36. The van der Waals surface area contributed by atoms with Gasteiger partial charge in [0.2, 0.25) is 0 Å². The Bertz CT molecular complexity index is 459. The molecule has 0 aromatic heterocycles. The summed E-state index contributed by atoms with van der Waals surface area (Å²) in [5, 5.41) is 15.0. The van der Waals surface area contributed by atoms with Crippen molar-refractivity contribution < 1.29 is 9.90 Å². The van der Waals surface area contributed by atoms with Gasteiger partial charge in [-0.1, -0.05) is 37.3 Å². The van der Waals surface area contributed by atoms with Crippen LogP contribution < -0.4 is 10.6 Å². The summed E-state index contributed by atoms with van der Waals surface area (Å²) < 4.78 is 0. The van der Waals surface area contributed by atoms with Crippen molar-refractivity contribution in [3.05, 3.63) is 35.9 Å². The molecule has 1 unspecified atom stereocenters. The zero-order valence-corrected chi connectivity index (χ0v) is 14.0. The van der Waals surface area contributed by atoms with Crippen LogP contribution in [0.3, 0.4) is 0 Å². The third-order valence-electron chi connectivity index (χ3n) is 4.48. The average Bonchev–Trinajstić information content (AvgIpc) is 2.57. The molecule has 1 saturated heterocycles. The van der Waals surface area contributed by atoms with E-state index in [2.05, 4.69) is 39.8 Å². The Morgan fingerprint density at radius 2 is 2.00 bits per heavy atom. The van der Waals surface area contributed by atoms with E-state index in [-0.39, 0.29) is 24.7 Å². The van der Waals surface area contributed by atoms with E-state index in [1.54, 1.807) is 0 Å². The molecule has 0 spiro atoms. The number of nitrogens with zero attached hydrogens (tertiary/aromatic N) is 1. The predicted molar refractivity (Wildman–Crippen MR) is 92.2 cm³/mol. The van der Waals surface area contributed by atoms with Gasteiger partial charge in [0.25, 0.3) is 0 Å². The average molecular weight is 319 g/mol. The largest absolute Gasteiger partial charge is 0.396 e. The van der Waals surface area contributed by atoms with Crippen LogP contribution in [0, 0.1) is 0 Å². The molecule has 128 valence electrons. The van der Waals surface area contributed by atoms with Gasteiger partial charge in [-0.25, -0.2) is 4.79 Å². The minimum atomic E-state index is -0.105. The summed E-state index contributed by atoms with van der Waals surface area (Å²) >= 11 is 0. The van der Waals surface area contributed by atoms with Crippen LogP contribution in [0.1, 0.15) is 38.2 Å². The summed E-state index contributed by atoms with van der Waals surface area (Å²) in [6.45, 7) is 5.12. The van der Waals surface area contributed by atoms with Crippen LogP contribution in [0.2, 0.25) is 0 Å². The molecule has 1 heterocycles. The molecule has 1 fully saturated rings. The van der Waals surface area contributed by atoms with Gasteiger partial charge in [-0.05, 0) is 31.2 Å². The molecule has 5 heteroatoms. The minimum absolute atomic E-state index is 0.0539. The molecule has 3 N–H and O–H groups in total. The van der Waals surface area contributed by atoms with Crippen LogP contribution in [-0.4, -0.2) is 47.8 Å². The number of aliphatic hydroxyl groups is 1. The number of carbonyl (C=O) groups excluding carboxylic acids is 1. The van der Waals surface area contributed by atoms with Gasteiger partial charge in [-0.3, -0.25) is 4.90 Å². The van der Waals surface area contributed by atoms with Gasteiger partial charge < -0.3 is 15.7 Å². The van der Waals surface area contributed by atoms with E-state index in [1.165, 1.54) is 5.56 Å². The van der Waals surface area contributed by atoms with Crippen molar-refractivity contribution in [3.63, 3.8) is 0 Å². The number of hydrogen-bond acceptors (Lipinski definition) is 3. The van der Waals surface area contributed by atoms with E-state index in [0.717, 1.165) is 38.9 Å². The van der Waals surface area contributed by atoms with Crippen molar-refractivity contribution in [2.45, 2.75) is 51.2 Å². The summed E-state index contributed by atoms with van der Waals surface area (Å²) in [5.41, 5.74) is 1.34. The quantitative estimate of drug-likeness (QED) is 0.721. The van der Waals surface area contributed by atoms with E-state index < -0.39 is 0 Å². The highest BCUT2D eigenvalue weighted by Gasteiger charge is 2.21. The summed E-state index contributed by atoms with van der Waals surface area (Å²) in [6.07, 6.45) is 3.41. The maximum absolute atomic E-state index is 12.0. The summed E-state index contributed by atoms with van der Waals surface area (Å²) in [7, 11) is 0. The fraction of sp³-hybridized carbons (Fsp3) is 0.611. The maximum Gasteiger partial charge on any atom is 0.315 e. The molecule has 1 aromatic carbocycles. The second kappa shape index (κ2) is 9.53. The monoisotopic (exact) mass is 319 g/mol. The number of likely N-dealkylation sites (tertiary alicyclic amines) is 1. The van der Waals surface area contributed by atoms with Gasteiger partial charge in [0.15, 0.2) is 0 Å². The number of benzene rings is 1. The van der Waals surface area contributed by atoms with E-state index in [0.29, 0.717) is 6.42 Å². The van der Waals surface area contributed by atoms with Gasteiger partial charge >= 0.3 is 6.03 Å². The highest BCUT2D eigenvalue weighted by molar-refractivity contribution is 5.74. The number of amides is 2. The molecular weight excluding hydrogens is 290 g/mol. The first-order valence-corrected chi connectivity index (χ1v) is 8.65. The van der Waals surface area contributed by atoms with Gasteiger partial charge in [0, 0.05) is 38.3 Å². The van der Waals surface area contributed by atoms with E-state index >= 15 is 0 Å². The predicted octanol–water partition coefficient (Wildman–Crippen LogP) is 2.11. The number of piperidine rings is 1. The number of nitrogens with one attached hydrogen (secondary N) is 2. The van der Waals surface area contributed by atoms with Crippen molar-refractivity contribution in [2.24, 2.45) is 0 Å². The summed E-state index contributed by atoms with van der Waals surface area (Å²) in [6, 6.07) is 10.7. The molecule has 1 aromatic rings. The lowest BCUT2D eigenvalue weighted by Crippen LogP contribution is -2.50. The molecule has 0 bridgehead atoms. The molecular formula is C18H29N3O2. The lowest BCUT2D eigenvalue weighted by Gasteiger charge is -2.32. The lowest BCUT2D eigenvalue weighted by atomic mass is 10.0. The van der Waals surface area contributed by atoms with Crippen LogP contribution >= 0.6 is 0 Å². The first kappa shape index (κ1) is 17.8. The first-order valence-electron chi connectivity index (χ1n) is 8.65. The fourth-order valence-corrected chi connectivity index (χ4v) is 3.02. The topological polar surface area (TPSA) is 64.6 Å². The van der Waals surface area contributed by atoms with Crippen molar-refractivity contribution >= 4 is 6.03 Å². The van der Waals surface area contributed by atoms with Crippen LogP contribution in [0.4, 0.5) is 4.79 Å². The highest BCUT2D eigenvalue weighted by Crippen LogP contribution is 2.13. The Hall–Kier alpha value is -1.59. The van der Waals surface area contributed by atoms with Crippen molar-refractivity contribution in [2.75, 3.05) is 19.7 Å². The summed E-state index contributed by atoms with van der Waals surface area (Å²) in [5.74, 6) is 0. The van der Waals surface area contributed by atoms with Gasteiger partial charge in [-0.2, -0.15) is 0 Å². The Morgan fingerprint density at radius 1 is 1.30 bits per heavy atom. The molecule has 1 aliphatic heterocycles. The molecule has 2 rings (SSSR count). The Labute approximate surface area is 139 Å². The molecule has 5 nitrogen and oxygen atoms in total. The number of carbonyl (C=O) groups is 1. The molecule has 23 heavy (non-hydrogen) atoms. The molecule has 2 amide bonds. The van der Waals surface area contributed by atoms with Crippen LogP contribution in [0.5, 0.6) is 0 Å². The summed E-state index contributed by atoms with van der Waals surface area (Å²) in [4.78, 5) is 14.4. The van der Waals surface area contributed by atoms with Gasteiger partial charge in [0.05, 0.1) is 0 Å². The zero-order chi connectivity index (χ0) is 16.5. The Balaban J connectivity index is 1.69. The second-order valence-corrected chi connectivity index (χ2v) is 6.27.